The SMILES string of the molecule is C=C(C#N)C(=O)O.C=O. The summed E-state index contributed by atoms with van der Waals surface area (Å²) in [6.07, 6.45) is 0. The first-order valence-corrected chi connectivity index (χ1v) is 1.79. The second kappa shape index (κ2) is 6.37. The van der Waals surface area contributed by atoms with Crippen LogP contribution in [0.5, 0.6) is 0 Å². The van der Waals surface area contributed by atoms with Crippen molar-refractivity contribution >= 4 is 12.8 Å². The number of rotatable bonds is 1. The zero-order chi connectivity index (χ0) is 7.86. The molecule has 0 heterocycles. The van der Waals surface area contributed by atoms with E-state index >= 15 is 0 Å². The van der Waals surface area contributed by atoms with Gasteiger partial charge in [0, 0.05) is 0 Å². The summed E-state index contributed by atoms with van der Waals surface area (Å²) in [5.74, 6) is -1.26. The lowest BCUT2D eigenvalue weighted by atomic mass is 10.4. The van der Waals surface area contributed by atoms with Crippen LogP contribution in [0.25, 0.3) is 0 Å². The molecule has 0 aliphatic rings. The highest BCUT2D eigenvalue weighted by atomic mass is 16.4. The molecule has 0 atom stereocenters. The van der Waals surface area contributed by atoms with E-state index in [2.05, 4.69) is 6.58 Å². The van der Waals surface area contributed by atoms with Crippen LogP contribution in [-0.2, 0) is 9.59 Å². The summed E-state index contributed by atoms with van der Waals surface area (Å²) in [4.78, 5) is 17.6. The van der Waals surface area contributed by atoms with Crippen molar-refractivity contribution in [3.8, 4) is 6.07 Å². The van der Waals surface area contributed by atoms with Gasteiger partial charge in [-0.1, -0.05) is 6.58 Å². The molecule has 0 aliphatic heterocycles. The first-order valence-electron chi connectivity index (χ1n) is 1.79. The van der Waals surface area contributed by atoms with Gasteiger partial charge >= 0.3 is 5.97 Å². The Morgan fingerprint density at radius 1 is 1.56 bits per heavy atom. The van der Waals surface area contributed by atoms with Gasteiger partial charge < -0.3 is 9.90 Å². The zero-order valence-corrected chi connectivity index (χ0v) is 4.63. The molecule has 0 fully saturated rings. The largest absolute Gasteiger partial charge is 0.477 e. The summed E-state index contributed by atoms with van der Waals surface area (Å²) in [5, 5.41) is 15.6. The van der Waals surface area contributed by atoms with Crippen molar-refractivity contribution < 1.29 is 14.7 Å². The van der Waals surface area contributed by atoms with E-state index in [-0.39, 0.29) is 0 Å². The second-order valence-electron chi connectivity index (χ2n) is 0.896. The van der Waals surface area contributed by atoms with Crippen molar-refractivity contribution in [2.24, 2.45) is 0 Å². The van der Waals surface area contributed by atoms with Gasteiger partial charge in [0.15, 0.2) is 0 Å². The van der Waals surface area contributed by atoms with E-state index in [9.17, 15) is 4.79 Å². The molecule has 48 valence electrons. The maximum absolute atomic E-state index is 9.61. The van der Waals surface area contributed by atoms with Gasteiger partial charge in [-0.05, 0) is 0 Å². The molecule has 4 nitrogen and oxygen atoms in total. The van der Waals surface area contributed by atoms with Gasteiger partial charge in [-0.15, -0.1) is 0 Å². The van der Waals surface area contributed by atoms with Crippen molar-refractivity contribution in [3.05, 3.63) is 12.2 Å². The van der Waals surface area contributed by atoms with Gasteiger partial charge in [-0.25, -0.2) is 4.79 Å². The average molecular weight is 127 g/mol. The molecule has 0 bridgehead atoms. The lowest BCUT2D eigenvalue weighted by Gasteiger charge is -1.76. The Balaban J connectivity index is 0. The molecule has 0 spiro atoms. The van der Waals surface area contributed by atoms with Crippen LogP contribution in [0.3, 0.4) is 0 Å². The highest BCUT2D eigenvalue weighted by Gasteiger charge is 1.97. The van der Waals surface area contributed by atoms with Crippen LogP contribution >= 0.6 is 0 Å². The summed E-state index contributed by atoms with van der Waals surface area (Å²) in [5.41, 5.74) is -0.431. The van der Waals surface area contributed by atoms with Gasteiger partial charge in [0.25, 0.3) is 0 Å². The first kappa shape index (κ1) is 10.4. The minimum atomic E-state index is -1.26. The summed E-state index contributed by atoms with van der Waals surface area (Å²) in [6.45, 7) is 4.91. The van der Waals surface area contributed by atoms with E-state index in [4.69, 9.17) is 15.2 Å². The van der Waals surface area contributed by atoms with Crippen LogP contribution in [0, 0.1) is 11.3 Å². The van der Waals surface area contributed by atoms with Gasteiger partial charge in [0.2, 0.25) is 0 Å². The third-order valence-corrected chi connectivity index (χ3v) is 0.393. The molecule has 1 N–H and O–H groups in total. The average Bonchev–Trinajstić information content (AvgIpc) is 1.91. The van der Waals surface area contributed by atoms with Gasteiger partial charge in [-0.2, -0.15) is 5.26 Å². The van der Waals surface area contributed by atoms with Gasteiger partial charge in [0.1, 0.15) is 18.4 Å². The monoisotopic (exact) mass is 127 g/mol. The lowest BCUT2D eigenvalue weighted by molar-refractivity contribution is -0.132. The molecule has 9 heavy (non-hydrogen) atoms. The van der Waals surface area contributed by atoms with Gasteiger partial charge in [-0.3, -0.25) is 0 Å². The van der Waals surface area contributed by atoms with E-state index in [0.29, 0.717) is 0 Å². The Kier molecular flexibility index (Phi) is 7.34. The Hall–Kier alpha value is -1.63. The fraction of sp³-hybridized carbons (Fsp3) is 0. The number of hydrogen-bond donors (Lipinski definition) is 1. The van der Waals surface area contributed by atoms with Crippen LogP contribution in [-0.4, -0.2) is 17.9 Å². The van der Waals surface area contributed by atoms with Crippen molar-refractivity contribution in [1.29, 1.82) is 5.26 Å². The van der Waals surface area contributed by atoms with E-state index in [1.807, 2.05) is 6.79 Å². The number of hydrogen-bond acceptors (Lipinski definition) is 3. The summed E-state index contributed by atoms with van der Waals surface area (Å²) in [6, 6.07) is 1.37. The standard InChI is InChI=1S/C4H3NO2.CH2O/c1-3(2-5)4(6)7;1-2/h1H2,(H,6,7);1H2. The summed E-state index contributed by atoms with van der Waals surface area (Å²) in [7, 11) is 0. The fourth-order valence-corrected chi connectivity index (χ4v) is 0.0478. The predicted octanol–water partition coefficient (Wildman–Crippen LogP) is -0.0341. The maximum Gasteiger partial charge on any atom is 0.345 e. The third-order valence-electron chi connectivity index (χ3n) is 0.393. The Morgan fingerprint density at radius 3 is 1.89 bits per heavy atom. The number of nitrogens with zero attached hydrogens (tertiary/aromatic N) is 1. The van der Waals surface area contributed by atoms with Crippen molar-refractivity contribution in [2.75, 3.05) is 0 Å². The smallest absolute Gasteiger partial charge is 0.345 e. The van der Waals surface area contributed by atoms with Crippen LogP contribution in [0.4, 0.5) is 0 Å². The molecule has 0 aromatic rings. The van der Waals surface area contributed by atoms with E-state index in [0.717, 1.165) is 0 Å². The lowest BCUT2D eigenvalue weighted by Crippen LogP contribution is -1.94. The van der Waals surface area contributed by atoms with E-state index in [1.54, 1.807) is 0 Å². The van der Waals surface area contributed by atoms with Crippen molar-refractivity contribution in [2.45, 2.75) is 0 Å². The van der Waals surface area contributed by atoms with Crippen molar-refractivity contribution in [1.82, 2.24) is 0 Å². The number of carbonyl (C=O) groups excluding carboxylic acids is 1. The predicted molar refractivity (Wildman–Crippen MR) is 29.5 cm³/mol. The Morgan fingerprint density at radius 2 is 1.89 bits per heavy atom. The molecule has 4 heteroatoms. The van der Waals surface area contributed by atoms with E-state index in [1.165, 1.54) is 6.07 Å². The highest BCUT2D eigenvalue weighted by Crippen LogP contribution is 1.81. The highest BCUT2D eigenvalue weighted by molar-refractivity contribution is 5.90. The Labute approximate surface area is 52.0 Å². The second-order valence-corrected chi connectivity index (χ2v) is 0.896. The van der Waals surface area contributed by atoms with Crippen LogP contribution < -0.4 is 0 Å². The molecular formula is C5H5NO3. The molecule has 0 aromatic carbocycles. The van der Waals surface area contributed by atoms with E-state index < -0.39 is 11.5 Å². The van der Waals surface area contributed by atoms with Crippen LogP contribution in [0.15, 0.2) is 12.2 Å². The molecule has 0 saturated heterocycles. The minimum absolute atomic E-state index is 0.431. The molecule has 0 unspecified atom stereocenters. The minimum Gasteiger partial charge on any atom is -0.477 e. The summed E-state index contributed by atoms with van der Waals surface area (Å²) < 4.78 is 0. The fourth-order valence-electron chi connectivity index (χ4n) is 0.0478. The number of aliphatic carboxylic acids is 1. The quantitative estimate of drug-likeness (QED) is 0.396. The number of carbonyl (C=O) groups is 2. The molecular weight excluding hydrogens is 122 g/mol. The summed E-state index contributed by atoms with van der Waals surface area (Å²) >= 11 is 0. The normalized spacial score (nSPS) is 5.67. The van der Waals surface area contributed by atoms with Crippen molar-refractivity contribution in [3.63, 3.8) is 0 Å². The molecule has 0 radical (unpaired) electrons. The zero-order valence-electron chi connectivity index (χ0n) is 4.63. The number of carboxylic acid groups (broad SMARTS) is 1. The Bertz CT molecular complexity index is 156. The van der Waals surface area contributed by atoms with Gasteiger partial charge in [0.05, 0.1) is 0 Å². The maximum atomic E-state index is 9.61. The molecule has 0 aliphatic carbocycles. The number of carboxylic acids is 1. The third kappa shape index (κ3) is 6.37. The first-order chi connectivity index (χ1) is 4.18. The molecule has 0 rings (SSSR count). The molecule has 0 amide bonds. The molecule has 0 saturated carbocycles. The van der Waals surface area contributed by atoms with Crippen LogP contribution in [0.2, 0.25) is 0 Å². The molecule has 0 aromatic heterocycles. The number of nitriles is 1. The van der Waals surface area contributed by atoms with Crippen LogP contribution in [0.1, 0.15) is 0 Å². The topological polar surface area (TPSA) is 78.2 Å².